The van der Waals surface area contributed by atoms with Gasteiger partial charge in [-0.3, -0.25) is 14.5 Å². The third-order valence-corrected chi connectivity index (χ3v) is 3.03. The van der Waals surface area contributed by atoms with Gasteiger partial charge in [0.2, 0.25) is 11.8 Å². The van der Waals surface area contributed by atoms with Gasteiger partial charge in [0.1, 0.15) is 0 Å². The molecule has 0 unspecified atom stereocenters. The number of nitrogens with one attached hydrogen (secondary N) is 1. The minimum absolute atomic E-state index is 0.00519. The quantitative estimate of drug-likeness (QED) is 0.632. The van der Waals surface area contributed by atoms with Crippen LogP contribution in [0.4, 0.5) is 0 Å². The Balaban J connectivity index is 2.04. The van der Waals surface area contributed by atoms with Crippen LogP contribution in [0.5, 0.6) is 0 Å². The summed E-state index contributed by atoms with van der Waals surface area (Å²) in [5, 5.41) is 3.14. The van der Waals surface area contributed by atoms with E-state index >= 15 is 0 Å². The summed E-state index contributed by atoms with van der Waals surface area (Å²) in [6.45, 7) is 6.14. The topological polar surface area (TPSA) is 49.4 Å². The van der Waals surface area contributed by atoms with Gasteiger partial charge < -0.3 is 5.32 Å². The Morgan fingerprint density at radius 2 is 2.07 bits per heavy atom. The molecule has 78 valence electrons. The molecule has 2 fully saturated rings. The van der Waals surface area contributed by atoms with Gasteiger partial charge in [0.15, 0.2) is 0 Å². The largest absolute Gasteiger partial charge is 0.316 e. The summed E-state index contributed by atoms with van der Waals surface area (Å²) in [4.78, 5) is 24.8. The van der Waals surface area contributed by atoms with E-state index in [1.54, 1.807) is 0 Å². The SMILES string of the molecule is CC1(C)CC(=O)N(CC2CNC2)C1=O. The Bertz CT molecular complexity index is 282. The Hall–Kier alpha value is -0.900. The van der Waals surface area contributed by atoms with Gasteiger partial charge in [-0.05, 0) is 0 Å². The average molecular weight is 196 g/mol. The molecule has 2 rings (SSSR count). The molecule has 0 aliphatic carbocycles. The maximum atomic E-state index is 11.8. The maximum Gasteiger partial charge on any atom is 0.235 e. The molecule has 1 N–H and O–H groups in total. The summed E-state index contributed by atoms with van der Waals surface area (Å²) in [5.74, 6) is 0.457. The normalized spacial score (nSPS) is 26.9. The van der Waals surface area contributed by atoms with Crippen LogP contribution in [-0.2, 0) is 9.59 Å². The highest BCUT2D eigenvalue weighted by atomic mass is 16.2. The number of amides is 2. The fraction of sp³-hybridized carbons (Fsp3) is 0.800. The molecule has 4 nitrogen and oxygen atoms in total. The fourth-order valence-electron chi connectivity index (χ4n) is 1.95. The molecule has 0 aromatic carbocycles. The molecule has 4 heteroatoms. The van der Waals surface area contributed by atoms with Gasteiger partial charge in [0.05, 0.1) is 5.41 Å². The summed E-state index contributed by atoms with van der Waals surface area (Å²) >= 11 is 0. The zero-order chi connectivity index (χ0) is 10.3. The van der Waals surface area contributed by atoms with E-state index in [2.05, 4.69) is 5.32 Å². The highest BCUT2D eigenvalue weighted by molar-refractivity contribution is 6.05. The van der Waals surface area contributed by atoms with E-state index in [9.17, 15) is 9.59 Å². The van der Waals surface area contributed by atoms with Crippen molar-refractivity contribution >= 4 is 11.8 Å². The molecular formula is C10H16N2O2. The number of hydrogen-bond acceptors (Lipinski definition) is 3. The van der Waals surface area contributed by atoms with E-state index in [0.717, 1.165) is 13.1 Å². The van der Waals surface area contributed by atoms with Crippen molar-refractivity contribution < 1.29 is 9.59 Å². The molecule has 0 saturated carbocycles. The molecule has 0 aromatic heterocycles. The molecule has 0 spiro atoms. The Labute approximate surface area is 83.6 Å². The van der Waals surface area contributed by atoms with Crippen LogP contribution >= 0.6 is 0 Å². The standard InChI is InChI=1S/C10H16N2O2/c1-10(2)3-8(13)12(9(10)14)6-7-4-11-5-7/h7,11H,3-6H2,1-2H3. The van der Waals surface area contributed by atoms with Crippen LogP contribution in [0.2, 0.25) is 0 Å². The average Bonchev–Trinajstić information content (AvgIpc) is 2.17. The number of rotatable bonds is 2. The lowest BCUT2D eigenvalue weighted by Gasteiger charge is -2.30. The molecule has 2 heterocycles. The van der Waals surface area contributed by atoms with Crippen molar-refractivity contribution in [3.63, 3.8) is 0 Å². The van der Waals surface area contributed by atoms with Gasteiger partial charge in [-0.25, -0.2) is 0 Å². The van der Waals surface area contributed by atoms with E-state index in [4.69, 9.17) is 0 Å². The minimum atomic E-state index is -0.478. The smallest absolute Gasteiger partial charge is 0.235 e. The number of carbonyl (C=O) groups is 2. The van der Waals surface area contributed by atoms with E-state index in [0.29, 0.717) is 18.9 Å². The zero-order valence-corrected chi connectivity index (χ0v) is 8.67. The van der Waals surface area contributed by atoms with Gasteiger partial charge in [0.25, 0.3) is 0 Å². The number of hydrogen-bond donors (Lipinski definition) is 1. The third-order valence-electron chi connectivity index (χ3n) is 3.03. The van der Waals surface area contributed by atoms with Crippen molar-refractivity contribution in [2.75, 3.05) is 19.6 Å². The third kappa shape index (κ3) is 1.43. The van der Waals surface area contributed by atoms with E-state index in [1.807, 2.05) is 13.8 Å². The van der Waals surface area contributed by atoms with Gasteiger partial charge in [0, 0.05) is 32.0 Å². The Morgan fingerprint density at radius 1 is 1.43 bits per heavy atom. The molecule has 0 atom stereocenters. The second-order valence-electron chi connectivity index (χ2n) is 4.89. The first kappa shape index (κ1) is 9.65. The van der Waals surface area contributed by atoms with Crippen LogP contribution in [0.3, 0.4) is 0 Å². The second-order valence-corrected chi connectivity index (χ2v) is 4.89. The van der Waals surface area contributed by atoms with Crippen LogP contribution in [-0.4, -0.2) is 36.3 Å². The zero-order valence-electron chi connectivity index (χ0n) is 8.67. The van der Waals surface area contributed by atoms with Crippen molar-refractivity contribution in [3.8, 4) is 0 Å². The van der Waals surface area contributed by atoms with E-state index in [1.165, 1.54) is 4.90 Å². The van der Waals surface area contributed by atoms with Crippen molar-refractivity contribution in [2.24, 2.45) is 11.3 Å². The Morgan fingerprint density at radius 3 is 2.43 bits per heavy atom. The van der Waals surface area contributed by atoms with Gasteiger partial charge in [-0.2, -0.15) is 0 Å². The number of nitrogens with zero attached hydrogens (tertiary/aromatic N) is 1. The minimum Gasteiger partial charge on any atom is -0.316 e. The van der Waals surface area contributed by atoms with Crippen molar-refractivity contribution in [1.29, 1.82) is 0 Å². The maximum absolute atomic E-state index is 11.8. The van der Waals surface area contributed by atoms with Gasteiger partial charge in [-0.15, -0.1) is 0 Å². The lowest BCUT2D eigenvalue weighted by Crippen LogP contribution is -2.49. The van der Waals surface area contributed by atoms with Crippen LogP contribution in [0.1, 0.15) is 20.3 Å². The molecule has 2 saturated heterocycles. The van der Waals surface area contributed by atoms with Gasteiger partial charge >= 0.3 is 0 Å². The van der Waals surface area contributed by atoms with Crippen molar-refractivity contribution in [2.45, 2.75) is 20.3 Å². The summed E-state index contributed by atoms with van der Waals surface area (Å²) < 4.78 is 0. The second kappa shape index (κ2) is 3.05. The lowest BCUT2D eigenvalue weighted by atomic mass is 9.92. The number of carbonyl (C=O) groups excluding carboxylic acids is 2. The summed E-state index contributed by atoms with van der Waals surface area (Å²) in [7, 11) is 0. The monoisotopic (exact) mass is 196 g/mol. The van der Waals surface area contributed by atoms with Crippen LogP contribution < -0.4 is 5.32 Å². The van der Waals surface area contributed by atoms with Crippen molar-refractivity contribution in [1.82, 2.24) is 10.2 Å². The van der Waals surface area contributed by atoms with Crippen LogP contribution in [0.15, 0.2) is 0 Å². The molecule has 2 aliphatic rings. The first-order valence-corrected chi connectivity index (χ1v) is 5.06. The molecule has 0 radical (unpaired) electrons. The molecule has 0 aromatic rings. The predicted octanol–water partition coefficient (Wildman–Crippen LogP) is -0.00910. The van der Waals surface area contributed by atoms with Crippen LogP contribution in [0.25, 0.3) is 0 Å². The summed E-state index contributed by atoms with van der Waals surface area (Å²) in [6.07, 6.45) is 0.367. The molecular weight excluding hydrogens is 180 g/mol. The van der Waals surface area contributed by atoms with E-state index in [-0.39, 0.29) is 11.8 Å². The summed E-state index contributed by atoms with van der Waals surface area (Å²) in [5.41, 5.74) is -0.478. The Kier molecular flexibility index (Phi) is 2.10. The number of likely N-dealkylation sites (tertiary alicyclic amines) is 1. The fourth-order valence-corrected chi connectivity index (χ4v) is 1.95. The highest BCUT2D eigenvalue weighted by Crippen LogP contribution is 2.32. The van der Waals surface area contributed by atoms with Crippen LogP contribution in [0, 0.1) is 11.3 Å². The first-order valence-electron chi connectivity index (χ1n) is 5.06. The number of imide groups is 1. The van der Waals surface area contributed by atoms with Gasteiger partial charge in [-0.1, -0.05) is 13.8 Å². The predicted molar refractivity (Wildman–Crippen MR) is 51.5 cm³/mol. The molecule has 0 bridgehead atoms. The molecule has 14 heavy (non-hydrogen) atoms. The lowest BCUT2D eigenvalue weighted by molar-refractivity contribution is -0.141. The van der Waals surface area contributed by atoms with E-state index < -0.39 is 5.41 Å². The summed E-state index contributed by atoms with van der Waals surface area (Å²) in [6, 6.07) is 0. The molecule has 2 amide bonds. The highest BCUT2D eigenvalue weighted by Gasteiger charge is 2.45. The van der Waals surface area contributed by atoms with Crippen molar-refractivity contribution in [3.05, 3.63) is 0 Å². The first-order chi connectivity index (χ1) is 6.50. The molecule has 2 aliphatic heterocycles.